The minimum Gasteiger partial charge on any atom is -0.504 e. The fraction of sp³-hybridized carbons (Fsp3) is 0.185. The van der Waals surface area contributed by atoms with Crippen molar-refractivity contribution in [2.24, 2.45) is 0 Å². The molecule has 0 aromatic heterocycles. The number of hydrogen-bond donors (Lipinski definition) is 2. The Morgan fingerprint density at radius 1 is 1.00 bits per heavy atom. The number of halogens is 2. The Labute approximate surface area is 203 Å². The summed E-state index contributed by atoms with van der Waals surface area (Å²) in [6.45, 7) is 6.37. The van der Waals surface area contributed by atoms with Crippen molar-refractivity contribution in [3.05, 3.63) is 75.3 Å². The topological polar surface area (TPSA) is 50.7 Å². The van der Waals surface area contributed by atoms with Gasteiger partial charge in [-0.3, -0.25) is 0 Å². The van der Waals surface area contributed by atoms with Crippen molar-refractivity contribution in [1.29, 1.82) is 0 Å². The predicted octanol–water partition coefficient (Wildman–Crippen LogP) is 7.87. The number of fused-ring (bicyclic) bond motifs is 5. The van der Waals surface area contributed by atoms with Gasteiger partial charge in [0.05, 0.1) is 18.2 Å². The third-order valence-electron chi connectivity index (χ3n) is 5.85. The molecule has 4 nitrogen and oxygen atoms in total. The van der Waals surface area contributed by atoms with Crippen LogP contribution in [0.5, 0.6) is 17.2 Å². The van der Waals surface area contributed by atoms with E-state index in [4.69, 9.17) is 32.7 Å². The molecule has 2 N–H and O–H groups in total. The van der Waals surface area contributed by atoms with Crippen LogP contribution >= 0.6 is 23.2 Å². The van der Waals surface area contributed by atoms with Crippen LogP contribution in [0.2, 0.25) is 10.0 Å². The molecular formula is C27H23Cl2NO3. The van der Waals surface area contributed by atoms with E-state index in [-0.39, 0.29) is 11.3 Å². The summed E-state index contributed by atoms with van der Waals surface area (Å²) >= 11 is 12.5. The van der Waals surface area contributed by atoms with Crippen LogP contribution in [-0.4, -0.2) is 17.8 Å². The maximum Gasteiger partial charge on any atom is 0.172 e. The molecule has 2 aliphatic heterocycles. The van der Waals surface area contributed by atoms with Crippen molar-refractivity contribution in [3.63, 3.8) is 0 Å². The Morgan fingerprint density at radius 2 is 1.73 bits per heavy atom. The van der Waals surface area contributed by atoms with Gasteiger partial charge in [-0.2, -0.15) is 0 Å². The third-order valence-corrected chi connectivity index (χ3v) is 6.29. The van der Waals surface area contributed by atoms with Gasteiger partial charge in [0.15, 0.2) is 11.5 Å². The molecule has 0 aliphatic carbocycles. The van der Waals surface area contributed by atoms with Crippen molar-refractivity contribution in [3.8, 4) is 28.4 Å². The van der Waals surface area contributed by atoms with Crippen molar-refractivity contribution in [2.75, 3.05) is 12.4 Å². The molecule has 33 heavy (non-hydrogen) atoms. The molecule has 0 amide bonds. The zero-order valence-corrected chi connectivity index (χ0v) is 20.2. The van der Waals surface area contributed by atoms with E-state index in [2.05, 4.69) is 38.2 Å². The fourth-order valence-corrected chi connectivity index (χ4v) is 5.30. The first-order chi connectivity index (χ1) is 15.7. The lowest BCUT2D eigenvalue weighted by atomic mass is 9.83. The second-order valence-electron chi connectivity index (χ2n) is 8.89. The average molecular weight is 480 g/mol. The second kappa shape index (κ2) is 7.75. The highest BCUT2D eigenvalue weighted by Gasteiger charge is 2.33. The van der Waals surface area contributed by atoms with Gasteiger partial charge >= 0.3 is 0 Å². The number of phenols is 1. The number of aromatic hydroxyl groups is 1. The fourth-order valence-electron chi connectivity index (χ4n) is 4.76. The second-order valence-corrected chi connectivity index (χ2v) is 9.76. The first-order valence-corrected chi connectivity index (χ1v) is 11.3. The molecular weight excluding hydrogens is 457 g/mol. The maximum atomic E-state index is 10.5. The number of allylic oxidation sites excluding steroid dienone is 1. The van der Waals surface area contributed by atoms with Gasteiger partial charge in [-0.25, -0.2) is 0 Å². The average Bonchev–Trinajstić information content (AvgIpc) is 2.72. The summed E-state index contributed by atoms with van der Waals surface area (Å²) in [4.78, 5) is 0. The Hall–Kier alpha value is -3.08. The highest BCUT2D eigenvalue weighted by Crippen LogP contribution is 2.54. The van der Waals surface area contributed by atoms with Gasteiger partial charge in [-0.15, -0.1) is 0 Å². The predicted molar refractivity (Wildman–Crippen MR) is 136 cm³/mol. The lowest BCUT2D eigenvalue weighted by Gasteiger charge is -2.35. The molecule has 2 aliphatic rings. The van der Waals surface area contributed by atoms with Gasteiger partial charge in [-0.1, -0.05) is 35.3 Å². The highest BCUT2D eigenvalue weighted by molar-refractivity contribution is 6.34. The van der Waals surface area contributed by atoms with E-state index in [1.807, 2.05) is 24.3 Å². The van der Waals surface area contributed by atoms with Gasteiger partial charge in [0.1, 0.15) is 11.5 Å². The standard InChI is InChI=1S/C27H23Cl2NO3/c1-14-13-27(2,3)30-19-6-5-18-24(23(14)19)22(11-15-9-16(28)12-17(29)10-15)33-21-8-7-20(31)26(32-4)25(18)21/h5-13,30-31H,1-4H3/b22-11-. The molecule has 0 radical (unpaired) electrons. The minimum absolute atomic E-state index is 0.0593. The van der Waals surface area contributed by atoms with Crippen molar-refractivity contribution in [1.82, 2.24) is 0 Å². The molecule has 0 spiro atoms. The first kappa shape index (κ1) is 21.7. The molecule has 2 heterocycles. The van der Waals surface area contributed by atoms with E-state index >= 15 is 0 Å². The number of methoxy groups -OCH3 is 1. The van der Waals surface area contributed by atoms with Crippen molar-refractivity contribution < 1.29 is 14.6 Å². The lowest BCUT2D eigenvalue weighted by Crippen LogP contribution is -2.32. The Kier molecular flexibility index (Phi) is 5.11. The Balaban J connectivity index is 1.84. The van der Waals surface area contributed by atoms with Crippen LogP contribution in [0.1, 0.15) is 37.5 Å². The molecule has 0 saturated carbocycles. The highest BCUT2D eigenvalue weighted by atomic mass is 35.5. The molecule has 3 aromatic rings. The van der Waals surface area contributed by atoms with E-state index in [0.29, 0.717) is 32.9 Å². The smallest absolute Gasteiger partial charge is 0.172 e. The number of nitrogens with one attached hydrogen (secondary N) is 1. The minimum atomic E-state index is -0.181. The number of benzene rings is 3. The largest absolute Gasteiger partial charge is 0.504 e. The van der Waals surface area contributed by atoms with Crippen LogP contribution in [0.4, 0.5) is 5.69 Å². The Bertz CT molecular complexity index is 1350. The number of hydrogen-bond acceptors (Lipinski definition) is 4. The van der Waals surface area contributed by atoms with Gasteiger partial charge in [-0.05, 0) is 74.4 Å². The monoisotopic (exact) mass is 479 g/mol. The Morgan fingerprint density at radius 3 is 2.42 bits per heavy atom. The quantitative estimate of drug-likeness (QED) is 0.392. The van der Waals surface area contributed by atoms with Gasteiger partial charge in [0, 0.05) is 32.4 Å². The zero-order valence-electron chi connectivity index (χ0n) is 18.7. The van der Waals surface area contributed by atoms with Gasteiger partial charge < -0.3 is 19.9 Å². The molecule has 0 saturated heterocycles. The molecule has 0 bridgehead atoms. The molecule has 0 unspecified atom stereocenters. The van der Waals surface area contributed by atoms with E-state index in [0.717, 1.165) is 33.5 Å². The van der Waals surface area contributed by atoms with Crippen LogP contribution in [0, 0.1) is 0 Å². The number of ether oxygens (including phenoxy) is 2. The molecule has 0 fully saturated rings. The summed E-state index contributed by atoms with van der Waals surface area (Å²) in [6.07, 6.45) is 4.14. The van der Waals surface area contributed by atoms with Gasteiger partial charge in [0.2, 0.25) is 0 Å². The molecule has 3 aromatic carbocycles. The molecule has 0 atom stereocenters. The number of phenolic OH excluding ortho intramolecular Hbond substituents is 1. The van der Waals surface area contributed by atoms with Crippen LogP contribution < -0.4 is 14.8 Å². The van der Waals surface area contributed by atoms with E-state index < -0.39 is 0 Å². The van der Waals surface area contributed by atoms with Crippen molar-refractivity contribution >= 4 is 46.3 Å². The SMILES string of the molecule is COc1c(O)ccc2c1-c1ccc3c(c1/C(=C/c1cc(Cl)cc(Cl)c1)O2)C(C)=CC(C)(C)N3. The molecule has 168 valence electrons. The maximum absolute atomic E-state index is 10.5. The van der Waals surface area contributed by atoms with Crippen LogP contribution in [0.15, 0.2) is 48.5 Å². The van der Waals surface area contributed by atoms with Crippen molar-refractivity contribution in [2.45, 2.75) is 26.3 Å². The van der Waals surface area contributed by atoms with Crippen LogP contribution in [-0.2, 0) is 0 Å². The van der Waals surface area contributed by atoms with Gasteiger partial charge in [0.25, 0.3) is 0 Å². The summed E-state index contributed by atoms with van der Waals surface area (Å²) < 4.78 is 12.0. The summed E-state index contributed by atoms with van der Waals surface area (Å²) in [5.74, 6) is 1.70. The van der Waals surface area contributed by atoms with Crippen LogP contribution in [0.3, 0.4) is 0 Å². The zero-order chi connectivity index (χ0) is 23.5. The first-order valence-electron chi connectivity index (χ1n) is 10.6. The van der Waals surface area contributed by atoms with E-state index in [1.54, 1.807) is 25.3 Å². The van der Waals surface area contributed by atoms with E-state index in [9.17, 15) is 5.11 Å². The summed E-state index contributed by atoms with van der Waals surface area (Å²) in [6, 6.07) is 12.8. The normalized spacial score (nSPS) is 16.7. The summed E-state index contributed by atoms with van der Waals surface area (Å²) in [5, 5.41) is 15.2. The molecule has 5 rings (SSSR count). The third kappa shape index (κ3) is 3.73. The number of rotatable bonds is 2. The van der Waals surface area contributed by atoms with Crippen LogP contribution in [0.25, 0.3) is 28.5 Å². The lowest BCUT2D eigenvalue weighted by molar-refractivity contribution is 0.371. The summed E-state index contributed by atoms with van der Waals surface area (Å²) in [7, 11) is 1.54. The van der Waals surface area contributed by atoms with E-state index in [1.165, 1.54) is 0 Å². The molecule has 6 heteroatoms. The number of anilines is 1. The summed E-state index contributed by atoms with van der Waals surface area (Å²) in [5.41, 5.74) is 6.38.